The normalized spacial score (nSPS) is 24.8. The summed E-state index contributed by atoms with van der Waals surface area (Å²) in [7, 11) is 0. The van der Waals surface area contributed by atoms with E-state index in [0.29, 0.717) is 24.1 Å². The highest BCUT2D eigenvalue weighted by Crippen LogP contribution is 2.23. The Labute approximate surface area is 110 Å². The summed E-state index contributed by atoms with van der Waals surface area (Å²) in [6.07, 6.45) is 6.56. The Kier molecular flexibility index (Phi) is 4.27. The number of nitrogens with zero attached hydrogens (tertiary/aromatic N) is 2. The van der Waals surface area contributed by atoms with Crippen LogP contribution < -0.4 is 5.32 Å². The highest BCUT2D eigenvalue weighted by molar-refractivity contribution is 5.39. The zero-order valence-corrected chi connectivity index (χ0v) is 11.9. The average molecular weight is 251 g/mol. The van der Waals surface area contributed by atoms with Crippen LogP contribution in [0.1, 0.15) is 46.6 Å². The molecule has 2 atom stereocenters. The van der Waals surface area contributed by atoms with E-state index >= 15 is 0 Å². The highest BCUT2D eigenvalue weighted by Gasteiger charge is 2.24. The minimum absolute atomic E-state index is 0.386. The number of hydrogen-bond acceptors (Lipinski definition) is 3. The molecule has 18 heavy (non-hydrogen) atoms. The van der Waals surface area contributed by atoms with E-state index in [1.165, 1.54) is 0 Å². The number of nitrogens with one attached hydrogen (secondary N) is 1. The molecule has 1 fully saturated rings. The van der Waals surface area contributed by atoms with E-state index in [9.17, 15) is 0 Å². The summed E-state index contributed by atoms with van der Waals surface area (Å²) in [6, 6.07) is 0.926. The van der Waals surface area contributed by atoms with Crippen LogP contribution in [-0.4, -0.2) is 28.5 Å². The van der Waals surface area contributed by atoms with Gasteiger partial charge >= 0.3 is 0 Å². The SMILES string of the molecule is CC(C)C1CC(Nc2cnn(C(C)C)c2)CCO1. The lowest BCUT2D eigenvalue weighted by atomic mass is 9.95. The lowest BCUT2D eigenvalue weighted by molar-refractivity contribution is -0.0160. The standard InChI is InChI=1S/C14H25N3O/c1-10(2)14-7-12(5-6-18-14)16-13-8-15-17(9-13)11(3)4/h8-12,14,16H,5-7H2,1-4H3. The predicted octanol–water partition coefficient (Wildman–Crippen LogP) is 3.08. The molecule has 1 N–H and O–H groups in total. The number of anilines is 1. The lowest BCUT2D eigenvalue weighted by Crippen LogP contribution is -2.36. The second-order valence-corrected chi connectivity index (χ2v) is 5.82. The molecule has 1 saturated heterocycles. The maximum absolute atomic E-state index is 5.79. The van der Waals surface area contributed by atoms with E-state index in [-0.39, 0.29) is 0 Å². The van der Waals surface area contributed by atoms with Crippen molar-refractivity contribution in [2.45, 2.75) is 58.7 Å². The molecule has 102 valence electrons. The van der Waals surface area contributed by atoms with E-state index in [4.69, 9.17) is 4.74 Å². The molecule has 4 heteroatoms. The summed E-state index contributed by atoms with van der Waals surface area (Å²) in [5.74, 6) is 0.591. The van der Waals surface area contributed by atoms with Gasteiger partial charge in [0, 0.05) is 24.9 Å². The molecule has 2 heterocycles. The lowest BCUT2D eigenvalue weighted by Gasteiger charge is -2.32. The quantitative estimate of drug-likeness (QED) is 0.894. The minimum atomic E-state index is 0.386. The molecular formula is C14H25N3O. The van der Waals surface area contributed by atoms with E-state index in [1.807, 2.05) is 10.9 Å². The van der Waals surface area contributed by atoms with Gasteiger partial charge in [0.15, 0.2) is 0 Å². The number of ether oxygens (including phenoxy) is 1. The Bertz CT molecular complexity index is 373. The molecule has 4 nitrogen and oxygen atoms in total. The van der Waals surface area contributed by atoms with Crippen molar-refractivity contribution in [1.82, 2.24) is 9.78 Å². The Balaban J connectivity index is 1.92. The first-order chi connectivity index (χ1) is 8.56. The van der Waals surface area contributed by atoms with Crippen molar-refractivity contribution < 1.29 is 4.74 Å². The topological polar surface area (TPSA) is 39.1 Å². The van der Waals surface area contributed by atoms with Crippen molar-refractivity contribution in [2.24, 2.45) is 5.92 Å². The molecule has 1 aromatic rings. The predicted molar refractivity (Wildman–Crippen MR) is 73.8 cm³/mol. The van der Waals surface area contributed by atoms with Gasteiger partial charge < -0.3 is 10.1 Å². The summed E-state index contributed by atoms with van der Waals surface area (Å²) in [4.78, 5) is 0. The third kappa shape index (κ3) is 3.25. The van der Waals surface area contributed by atoms with Crippen molar-refractivity contribution >= 4 is 5.69 Å². The Morgan fingerprint density at radius 3 is 2.78 bits per heavy atom. The first-order valence-electron chi connectivity index (χ1n) is 6.98. The maximum atomic E-state index is 5.79. The van der Waals surface area contributed by atoms with E-state index < -0.39 is 0 Å². The van der Waals surface area contributed by atoms with Crippen molar-refractivity contribution in [2.75, 3.05) is 11.9 Å². The van der Waals surface area contributed by atoms with Crippen LogP contribution in [0, 0.1) is 5.92 Å². The molecule has 0 aromatic carbocycles. The second-order valence-electron chi connectivity index (χ2n) is 5.82. The van der Waals surface area contributed by atoms with E-state index in [1.54, 1.807) is 0 Å². The Morgan fingerprint density at radius 1 is 1.39 bits per heavy atom. The van der Waals surface area contributed by atoms with E-state index in [2.05, 4.69) is 44.3 Å². The molecule has 0 saturated carbocycles. The molecule has 0 radical (unpaired) electrons. The third-order valence-electron chi connectivity index (χ3n) is 3.56. The van der Waals surface area contributed by atoms with Crippen molar-refractivity contribution in [1.29, 1.82) is 0 Å². The van der Waals surface area contributed by atoms with Crippen molar-refractivity contribution in [3.8, 4) is 0 Å². The third-order valence-corrected chi connectivity index (χ3v) is 3.56. The van der Waals surface area contributed by atoms with Crippen LogP contribution in [0.3, 0.4) is 0 Å². The van der Waals surface area contributed by atoms with Crippen LogP contribution in [0.15, 0.2) is 12.4 Å². The van der Waals surface area contributed by atoms with Gasteiger partial charge in [0.1, 0.15) is 0 Å². The van der Waals surface area contributed by atoms with Crippen molar-refractivity contribution in [3.05, 3.63) is 12.4 Å². The van der Waals surface area contributed by atoms with Gasteiger partial charge in [-0.1, -0.05) is 13.8 Å². The van der Waals surface area contributed by atoms with Crippen LogP contribution in [0.4, 0.5) is 5.69 Å². The summed E-state index contributed by atoms with van der Waals surface area (Å²) < 4.78 is 7.78. The van der Waals surface area contributed by atoms with E-state index in [0.717, 1.165) is 25.1 Å². The molecule has 0 amide bonds. The minimum Gasteiger partial charge on any atom is -0.380 e. The molecule has 1 aliphatic rings. The van der Waals surface area contributed by atoms with Gasteiger partial charge in [0.05, 0.1) is 18.0 Å². The highest BCUT2D eigenvalue weighted by atomic mass is 16.5. The molecule has 1 aromatic heterocycles. The summed E-state index contributed by atoms with van der Waals surface area (Å²) in [5.41, 5.74) is 1.12. The molecule has 0 spiro atoms. The smallest absolute Gasteiger partial charge is 0.0728 e. The van der Waals surface area contributed by atoms with Gasteiger partial charge in [0.2, 0.25) is 0 Å². The first kappa shape index (κ1) is 13.4. The Hall–Kier alpha value is -1.03. The number of rotatable bonds is 4. The largest absolute Gasteiger partial charge is 0.380 e. The van der Waals surface area contributed by atoms with Gasteiger partial charge in [-0.3, -0.25) is 4.68 Å². The zero-order chi connectivity index (χ0) is 13.1. The van der Waals surface area contributed by atoms with Gasteiger partial charge in [-0.15, -0.1) is 0 Å². The van der Waals surface area contributed by atoms with Crippen LogP contribution in [0.25, 0.3) is 0 Å². The monoisotopic (exact) mass is 251 g/mol. The number of aromatic nitrogens is 2. The fourth-order valence-electron chi connectivity index (χ4n) is 2.35. The van der Waals surface area contributed by atoms with Gasteiger partial charge in [0.25, 0.3) is 0 Å². The summed E-state index contributed by atoms with van der Waals surface area (Å²) in [6.45, 7) is 9.59. The average Bonchev–Trinajstić information content (AvgIpc) is 2.78. The van der Waals surface area contributed by atoms with Crippen LogP contribution >= 0.6 is 0 Å². The fraction of sp³-hybridized carbons (Fsp3) is 0.786. The first-order valence-corrected chi connectivity index (χ1v) is 6.98. The molecule has 2 unspecified atom stereocenters. The molecule has 2 rings (SSSR count). The molecular weight excluding hydrogens is 226 g/mol. The van der Waals surface area contributed by atoms with Gasteiger partial charge in [-0.05, 0) is 32.6 Å². The maximum Gasteiger partial charge on any atom is 0.0728 e. The van der Waals surface area contributed by atoms with Crippen LogP contribution in [-0.2, 0) is 4.74 Å². The van der Waals surface area contributed by atoms with Crippen molar-refractivity contribution in [3.63, 3.8) is 0 Å². The van der Waals surface area contributed by atoms with Gasteiger partial charge in [-0.25, -0.2) is 0 Å². The second kappa shape index (κ2) is 5.74. The molecule has 0 aliphatic carbocycles. The fourth-order valence-corrected chi connectivity index (χ4v) is 2.35. The molecule has 0 bridgehead atoms. The summed E-state index contributed by atoms with van der Waals surface area (Å²) in [5, 5.41) is 7.94. The van der Waals surface area contributed by atoms with Gasteiger partial charge in [-0.2, -0.15) is 5.10 Å². The molecule has 1 aliphatic heterocycles. The number of hydrogen-bond donors (Lipinski definition) is 1. The summed E-state index contributed by atoms with van der Waals surface area (Å²) >= 11 is 0. The van der Waals surface area contributed by atoms with Crippen LogP contribution in [0.5, 0.6) is 0 Å². The zero-order valence-electron chi connectivity index (χ0n) is 11.9. The Morgan fingerprint density at radius 2 is 2.17 bits per heavy atom. The van der Waals surface area contributed by atoms with Crippen LogP contribution in [0.2, 0.25) is 0 Å².